The van der Waals surface area contributed by atoms with Crippen molar-refractivity contribution in [1.29, 1.82) is 0 Å². The number of piperidine rings is 1. The van der Waals surface area contributed by atoms with Crippen LogP contribution in [0, 0.1) is 11.8 Å². The highest BCUT2D eigenvalue weighted by Gasteiger charge is 2.41. The first-order valence-electron chi connectivity index (χ1n) is 13.6. The molecule has 1 saturated heterocycles. The number of carbonyl (C=O) groups excluding carboxylic acids is 1. The zero-order chi connectivity index (χ0) is 26.9. The molecule has 1 heterocycles. The lowest BCUT2D eigenvalue weighted by molar-refractivity contribution is -0.0551. The molecule has 6 N–H and O–H groups in total. The first-order chi connectivity index (χ1) is 17.6. The summed E-state index contributed by atoms with van der Waals surface area (Å²) in [5.41, 5.74) is -0.593. The van der Waals surface area contributed by atoms with Gasteiger partial charge in [-0.3, -0.25) is 0 Å². The number of halogens is 1. The average molecular weight is 558 g/mol. The van der Waals surface area contributed by atoms with Crippen LogP contribution in [-0.2, 0) is 15.8 Å². The van der Waals surface area contributed by atoms with Crippen LogP contribution < -0.4 is 20.5 Å². The molecule has 0 bridgehead atoms. The number of rotatable bonds is 12. The average Bonchev–Trinajstić information content (AvgIpc) is 2.87. The SMILES string of the molecule is CNCC(CC1CCCCC1)NC(=O)N1CCCC([C@@](O)(CCCNS(N)(=O)=O)c2cccc(Cl)c2)C1. The van der Waals surface area contributed by atoms with Gasteiger partial charge in [0.15, 0.2) is 0 Å². The molecule has 210 valence electrons. The number of benzene rings is 1. The maximum absolute atomic E-state index is 13.4. The fourth-order valence-corrected chi connectivity index (χ4v) is 6.62. The zero-order valence-corrected chi connectivity index (χ0v) is 23.5. The molecule has 3 atom stereocenters. The topological polar surface area (TPSA) is 137 Å². The van der Waals surface area contributed by atoms with Crippen molar-refractivity contribution in [3.05, 3.63) is 34.9 Å². The number of hydrogen-bond donors (Lipinski definition) is 5. The molecule has 0 spiro atoms. The van der Waals surface area contributed by atoms with Gasteiger partial charge in [-0.2, -0.15) is 8.42 Å². The molecule has 2 amide bonds. The Bertz CT molecular complexity index is 975. The van der Waals surface area contributed by atoms with Crippen molar-refractivity contribution < 1.29 is 18.3 Å². The Morgan fingerprint density at radius 3 is 2.68 bits per heavy atom. The van der Waals surface area contributed by atoms with Crippen molar-refractivity contribution in [3.63, 3.8) is 0 Å². The molecule has 11 heteroatoms. The second-order valence-corrected chi connectivity index (χ2v) is 12.5. The van der Waals surface area contributed by atoms with Crippen molar-refractivity contribution in [1.82, 2.24) is 20.3 Å². The lowest BCUT2D eigenvalue weighted by Gasteiger charge is -2.43. The van der Waals surface area contributed by atoms with Crippen molar-refractivity contribution in [3.8, 4) is 0 Å². The van der Waals surface area contributed by atoms with E-state index in [-0.39, 0.29) is 24.5 Å². The number of amides is 2. The van der Waals surface area contributed by atoms with Crippen molar-refractivity contribution in [2.75, 3.05) is 33.2 Å². The largest absolute Gasteiger partial charge is 0.385 e. The third-order valence-corrected chi connectivity index (χ3v) is 8.71. The van der Waals surface area contributed by atoms with Crippen LogP contribution in [0.25, 0.3) is 0 Å². The molecule has 1 aliphatic heterocycles. The first-order valence-corrected chi connectivity index (χ1v) is 15.5. The molecule has 9 nitrogen and oxygen atoms in total. The van der Waals surface area contributed by atoms with Gasteiger partial charge >= 0.3 is 6.03 Å². The molecule has 1 saturated carbocycles. The van der Waals surface area contributed by atoms with Gasteiger partial charge in [-0.15, -0.1) is 0 Å². The Hall–Kier alpha value is -1.43. The van der Waals surface area contributed by atoms with Gasteiger partial charge in [0.1, 0.15) is 0 Å². The minimum atomic E-state index is -3.80. The van der Waals surface area contributed by atoms with Gasteiger partial charge in [0.25, 0.3) is 10.2 Å². The molecule has 2 fully saturated rings. The Kier molecular flexibility index (Phi) is 11.5. The summed E-state index contributed by atoms with van der Waals surface area (Å²) in [4.78, 5) is 15.2. The molecule has 1 aromatic rings. The highest BCUT2D eigenvalue weighted by atomic mass is 35.5. The lowest BCUT2D eigenvalue weighted by Crippen LogP contribution is -2.54. The van der Waals surface area contributed by atoms with Crippen LogP contribution in [-0.4, -0.2) is 63.7 Å². The third kappa shape index (κ3) is 9.37. The fourth-order valence-electron chi connectivity index (χ4n) is 6.00. The molecule has 3 rings (SSSR count). The van der Waals surface area contributed by atoms with Crippen LogP contribution >= 0.6 is 11.6 Å². The molecule has 1 aliphatic carbocycles. The van der Waals surface area contributed by atoms with Crippen LogP contribution in [0.2, 0.25) is 5.02 Å². The summed E-state index contributed by atoms with van der Waals surface area (Å²) >= 11 is 6.26. The molecule has 0 radical (unpaired) electrons. The second-order valence-electron chi connectivity index (χ2n) is 10.7. The van der Waals surface area contributed by atoms with Gasteiger partial charge in [-0.1, -0.05) is 55.8 Å². The van der Waals surface area contributed by atoms with Gasteiger partial charge in [0, 0.05) is 43.2 Å². The predicted octanol–water partition coefficient (Wildman–Crippen LogP) is 3.08. The van der Waals surface area contributed by atoms with E-state index < -0.39 is 15.8 Å². The molecular formula is C26H44ClN5O4S. The number of nitrogens with zero attached hydrogens (tertiary/aromatic N) is 1. The number of aliphatic hydroxyl groups is 1. The Morgan fingerprint density at radius 1 is 1.24 bits per heavy atom. The third-order valence-electron chi connectivity index (χ3n) is 7.87. The van der Waals surface area contributed by atoms with Crippen LogP contribution in [0.1, 0.15) is 69.8 Å². The number of urea groups is 1. The maximum atomic E-state index is 13.4. The summed E-state index contributed by atoms with van der Waals surface area (Å²) < 4.78 is 24.8. The van der Waals surface area contributed by atoms with E-state index in [4.69, 9.17) is 16.7 Å². The summed E-state index contributed by atoms with van der Waals surface area (Å²) in [5, 5.41) is 24.1. The lowest BCUT2D eigenvalue weighted by atomic mass is 9.74. The van der Waals surface area contributed by atoms with E-state index >= 15 is 0 Å². The van der Waals surface area contributed by atoms with Crippen molar-refractivity contribution >= 4 is 27.8 Å². The predicted molar refractivity (Wildman–Crippen MR) is 147 cm³/mol. The molecular weight excluding hydrogens is 514 g/mol. The van der Waals surface area contributed by atoms with E-state index in [9.17, 15) is 18.3 Å². The number of likely N-dealkylation sites (tertiary alicyclic amines) is 1. The van der Waals surface area contributed by atoms with Gasteiger partial charge in [0.2, 0.25) is 0 Å². The fraction of sp³-hybridized carbons (Fsp3) is 0.731. The molecule has 2 aliphatic rings. The van der Waals surface area contributed by atoms with Crippen LogP contribution in [0.5, 0.6) is 0 Å². The molecule has 2 unspecified atom stereocenters. The number of hydrogen-bond acceptors (Lipinski definition) is 5. The second kappa shape index (κ2) is 14.1. The number of carbonyl (C=O) groups is 1. The normalized spacial score (nSPS) is 21.8. The van der Waals surface area contributed by atoms with Crippen LogP contribution in [0.4, 0.5) is 4.79 Å². The molecule has 37 heavy (non-hydrogen) atoms. The van der Waals surface area contributed by atoms with Gasteiger partial charge < -0.3 is 20.6 Å². The van der Waals surface area contributed by atoms with E-state index in [1.165, 1.54) is 32.1 Å². The van der Waals surface area contributed by atoms with Crippen molar-refractivity contribution in [2.45, 2.75) is 75.9 Å². The Labute approximate surface area is 227 Å². The first kappa shape index (κ1) is 30.1. The monoisotopic (exact) mass is 557 g/mol. The minimum Gasteiger partial charge on any atom is -0.385 e. The Balaban J connectivity index is 1.69. The van der Waals surface area contributed by atoms with Gasteiger partial charge in [-0.05, 0) is 62.8 Å². The quantitative estimate of drug-likeness (QED) is 0.252. The van der Waals surface area contributed by atoms with Crippen molar-refractivity contribution in [2.24, 2.45) is 17.0 Å². The standard InChI is InChI=1S/C26H44ClN5O4S/c1-29-18-24(16-20-8-3-2-4-9-20)31-25(33)32-15-6-11-22(19-32)26(34,13-7-14-30-37(28,35)36)21-10-5-12-23(27)17-21/h5,10,12,17,20,22,24,29-30,34H,2-4,6-9,11,13-16,18-19H2,1H3,(H,31,33)(H2,28,35,36)/t22?,24?,26-/m1/s1. The number of nitrogens with one attached hydrogen (secondary N) is 3. The maximum Gasteiger partial charge on any atom is 0.317 e. The summed E-state index contributed by atoms with van der Waals surface area (Å²) in [6.45, 7) is 1.89. The highest BCUT2D eigenvalue weighted by molar-refractivity contribution is 7.87. The summed E-state index contributed by atoms with van der Waals surface area (Å²) in [6, 6.07) is 7.11. The highest BCUT2D eigenvalue weighted by Crippen LogP contribution is 2.40. The Morgan fingerprint density at radius 2 is 2.00 bits per heavy atom. The number of nitrogens with two attached hydrogens (primary N) is 1. The molecule has 0 aromatic heterocycles. The van der Waals surface area contributed by atoms with E-state index in [0.717, 1.165) is 25.8 Å². The number of likely N-dealkylation sites (N-methyl/N-ethyl adjacent to an activating group) is 1. The van der Waals surface area contributed by atoms with Crippen LogP contribution in [0.3, 0.4) is 0 Å². The summed E-state index contributed by atoms with van der Waals surface area (Å²) in [6.07, 6.45) is 9.50. The van der Waals surface area contributed by atoms with Gasteiger partial charge in [0.05, 0.1) is 5.60 Å². The van der Waals surface area contributed by atoms with E-state index in [0.29, 0.717) is 42.4 Å². The van der Waals surface area contributed by atoms with E-state index in [1.807, 2.05) is 18.0 Å². The summed E-state index contributed by atoms with van der Waals surface area (Å²) in [7, 11) is -1.89. The van der Waals surface area contributed by atoms with E-state index in [1.54, 1.807) is 18.2 Å². The molecule has 1 aromatic carbocycles. The zero-order valence-electron chi connectivity index (χ0n) is 21.9. The summed E-state index contributed by atoms with van der Waals surface area (Å²) in [5.74, 6) is 0.432. The minimum absolute atomic E-state index is 0.0667. The van der Waals surface area contributed by atoms with E-state index in [2.05, 4.69) is 15.4 Å². The van der Waals surface area contributed by atoms with Gasteiger partial charge in [-0.25, -0.2) is 14.7 Å². The smallest absolute Gasteiger partial charge is 0.317 e. The van der Waals surface area contributed by atoms with Crippen LogP contribution in [0.15, 0.2) is 24.3 Å².